The largest absolute Gasteiger partial charge is 0.472 e. The number of esters is 2. The van der Waals surface area contributed by atoms with Gasteiger partial charge in [-0.2, -0.15) is 0 Å². The second-order valence-electron chi connectivity index (χ2n) is 13.8. The van der Waals surface area contributed by atoms with Gasteiger partial charge in [0.15, 0.2) is 6.10 Å². The van der Waals surface area contributed by atoms with Crippen molar-refractivity contribution in [2.24, 2.45) is 0 Å². The van der Waals surface area contributed by atoms with Gasteiger partial charge in [0, 0.05) is 12.8 Å². The molecule has 0 radical (unpaired) electrons. The van der Waals surface area contributed by atoms with Crippen LogP contribution in [0.25, 0.3) is 0 Å². The fourth-order valence-electron chi connectivity index (χ4n) is 5.99. The first-order chi connectivity index (χ1) is 23.9. The van der Waals surface area contributed by atoms with Gasteiger partial charge >= 0.3 is 19.8 Å². The van der Waals surface area contributed by atoms with Crippen LogP contribution in [0.1, 0.15) is 162 Å². The van der Waals surface area contributed by atoms with E-state index >= 15 is 0 Å². The van der Waals surface area contributed by atoms with Gasteiger partial charge in [0.05, 0.1) is 6.61 Å². The molecule has 6 N–H and O–H groups in total. The van der Waals surface area contributed by atoms with E-state index in [1.165, 1.54) is 70.6 Å². The molecule has 0 amide bonds. The number of phosphoric ester groups is 1. The second kappa shape index (κ2) is 28.4. The van der Waals surface area contributed by atoms with E-state index in [9.17, 15) is 44.6 Å². The maximum Gasteiger partial charge on any atom is 0.472 e. The van der Waals surface area contributed by atoms with Crippen LogP contribution in [-0.2, 0) is 32.7 Å². The fraction of sp³-hybridized carbons (Fsp3) is 0.944. The van der Waals surface area contributed by atoms with Crippen molar-refractivity contribution in [1.82, 2.24) is 0 Å². The molecule has 0 spiro atoms. The minimum Gasteiger partial charge on any atom is -0.462 e. The number of rotatable bonds is 31. The Balaban J connectivity index is 2.49. The van der Waals surface area contributed by atoms with Crippen molar-refractivity contribution in [1.29, 1.82) is 0 Å². The summed E-state index contributed by atoms with van der Waals surface area (Å²) in [5.74, 6) is -1.10. The molecule has 0 aliphatic heterocycles. The predicted molar refractivity (Wildman–Crippen MR) is 189 cm³/mol. The third-order valence-electron chi connectivity index (χ3n) is 9.20. The van der Waals surface area contributed by atoms with Crippen LogP contribution in [0.3, 0.4) is 0 Å². The first-order valence-corrected chi connectivity index (χ1v) is 20.8. The average Bonchev–Trinajstić information content (AvgIpc) is 3.09. The van der Waals surface area contributed by atoms with Crippen LogP contribution in [-0.4, -0.2) is 98.3 Å². The molecule has 1 fully saturated rings. The molecule has 14 heteroatoms. The van der Waals surface area contributed by atoms with Gasteiger partial charge in [-0.1, -0.05) is 136 Å². The van der Waals surface area contributed by atoms with Gasteiger partial charge in [-0.25, -0.2) is 4.57 Å². The Hall–Kier alpha value is -1.15. The zero-order valence-corrected chi connectivity index (χ0v) is 31.6. The van der Waals surface area contributed by atoms with E-state index < -0.39 is 75.7 Å². The molecule has 1 rings (SSSR count). The molecule has 6 unspecified atom stereocenters. The number of carbonyl (C=O) groups is 2. The summed E-state index contributed by atoms with van der Waals surface area (Å²) in [6.07, 6.45) is 10.7. The number of hydrogen-bond donors (Lipinski definition) is 6. The summed E-state index contributed by atoms with van der Waals surface area (Å²) in [5.41, 5.74) is 0. The highest BCUT2D eigenvalue weighted by Crippen LogP contribution is 2.47. The second-order valence-corrected chi connectivity index (χ2v) is 15.2. The highest BCUT2D eigenvalue weighted by atomic mass is 31.2. The van der Waals surface area contributed by atoms with E-state index in [0.29, 0.717) is 12.8 Å². The first-order valence-electron chi connectivity index (χ1n) is 19.3. The lowest BCUT2D eigenvalue weighted by Gasteiger charge is -2.41. The standard InChI is InChI=1S/C36H69O13P/c1-3-5-7-9-11-12-13-14-15-16-17-19-20-22-24-29(37)46-26-28(48-30(38)25-23-21-18-10-8-6-4-2)27-47-50(44,45)49-36-34(42)32(40)31(39)33(41)35(36)43/h28,31-36,39-43H,3-27H2,1-2H3,(H,44,45)/t28-,31?,32-,33?,34?,35?,36?/m0/s1. The zero-order chi connectivity index (χ0) is 37.2. The monoisotopic (exact) mass is 740 g/mol. The molecule has 0 aromatic carbocycles. The summed E-state index contributed by atoms with van der Waals surface area (Å²) in [6, 6.07) is 0. The summed E-state index contributed by atoms with van der Waals surface area (Å²) in [6.45, 7) is 3.21. The van der Waals surface area contributed by atoms with Gasteiger partial charge in [-0.05, 0) is 12.8 Å². The van der Waals surface area contributed by atoms with E-state index in [-0.39, 0.29) is 12.8 Å². The van der Waals surface area contributed by atoms with E-state index in [1.807, 2.05) is 0 Å². The molecule has 1 aliphatic rings. The summed E-state index contributed by atoms with van der Waals surface area (Å²) >= 11 is 0. The summed E-state index contributed by atoms with van der Waals surface area (Å²) in [4.78, 5) is 35.3. The van der Waals surface area contributed by atoms with Crippen molar-refractivity contribution in [2.75, 3.05) is 13.2 Å². The van der Waals surface area contributed by atoms with Crippen LogP contribution in [0, 0.1) is 0 Å². The number of aliphatic hydroxyl groups excluding tert-OH is 5. The Kier molecular flexibility index (Phi) is 26.6. The predicted octanol–water partition coefficient (Wildman–Crippen LogP) is 5.77. The van der Waals surface area contributed by atoms with Gasteiger partial charge < -0.3 is 39.9 Å². The van der Waals surface area contributed by atoms with Crippen LogP contribution in [0.5, 0.6) is 0 Å². The maximum atomic E-state index is 12.7. The first kappa shape index (κ1) is 46.9. The van der Waals surface area contributed by atoms with Gasteiger partial charge in [0.25, 0.3) is 0 Å². The number of ether oxygens (including phenoxy) is 2. The minimum absolute atomic E-state index is 0.100. The van der Waals surface area contributed by atoms with Crippen LogP contribution < -0.4 is 0 Å². The molecular formula is C36H69O13P. The third-order valence-corrected chi connectivity index (χ3v) is 10.2. The average molecular weight is 741 g/mol. The molecule has 50 heavy (non-hydrogen) atoms. The quantitative estimate of drug-likeness (QED) is 0.0284. The van der Waals surface area contributed by atoms with Gasteiger partial charge in [-0.3, -0.25) is 18.6 Å². The summed E-state index contributed by atoms with van der Waals surface area (Å²) in [7, 11) is -5.09. The Bertz CT molecular complexity index is 906. The number of hydrogen-bond acceptors (Lipinski definition) is 12. The van der Waals surface area contributed by atoms with Gasteiger partial charge in [0.2, 0.25) is 0 Å². The molecule has 13 nitrogen and oxygen atoms in total. The third kappa shape index (κ3) is 21.4. The van der Waals surface area contributed by atoms with Crippen LogP contribution in [0.4, 0.5) is 0 Å². The Morgan fingerprint density at radius 1 is 0.540 bits per heavy atom. The number of aliphatic hydroxyl groups is 5. The minimum atomic E-state index is -5.09. The van der Waals surface area contributed by atoms with Crippen molar-refractivity contribution in [3.05, 3.63) is 0 Å². The highest BCUT2D eigenvalue weighted by Gasteiger charge is 2.51. The Labute approximate surface area is 300 Å². The molecule has 0 aromatic rings. The lowest BCUT2D eigenvalue weighted by atomic mass is 9.85. The molecule has 0 aromatic heterocycles. The topological polar surface area (TPSA) is 210 Å². The number of carbonyl (C=O) groups excluding carboxylic acids is 2. The van der Waals surface area contributed by atoms with Crippen molar-refractivity contribution in [3.63, 3.8) is 0 Å². The lowest BCUT2D eigenvalue weighted by molar-refractivity contribution is -0.220. The number of phosphoric acid groups is 1. The molecule has 296 valence electrons. The van der Waals surface area contributed by atoms with Crippen LogP contribution in [0.15, 0.2) is 0 Å². The highest BCUT2D eigenvalue weighted by molar-refractivity contribution is 7.47. The van der Waals surface area contributed by atoms with E-state index in [4.69, 9.17) is 18.5 Å². The van der Waals surface area contributed by atoms with Crippen molar-refractivity contribution < 1.29 is 63.1 Å². The molecular weight excluding hydrogens is 671 g/mol. The van der Waals surface area contributed by atoms with Crippen molar-refractivity contribution in [3.8, 4) is 0 Å². The zero-order valence-electron chi connectivity index (χ0n) is 30.7. The maximum absolute atomic E-state index is 12.7. The molecule has 1 saturated carbocycles. The molecule has 1 aliphatic carbocycles. The summed E-state index contributed by atoms with van der Waals surface area (Å²) in [5, 5.41) is 49.8. The van der Waals surface area contributed by atoms with E-state index in [1.54, 1.807) is 0 Å². The smallest absolute Gasteiger partial charge is 0.462 e. The molecule has 8 atom stereocenters. The van der Waals surface area contributed by atoms with Crippen LogP contribution in [0.2, 0.25) is 0 Å². The molecule has 0 heterocycles. The Morgan fingerprint density at radius 3 is 1.32 bits per heavy atom. The van der Waals surface area contributed by atoms with Gasteiger partial charge in [-0.15, -0.1) is 0 Å². The normalized spacial score (nSPS) is 24.1. The van der Waals surface area contributed by atoms with Gasteiger partial charge in [0.1, 0.15) is 43.2 Å². The Morgan fingerprint density at radius 2 is 0.900 bits per heavy atom. The van der Waals surface area contributed by atoms with E-state index in [2.05, 4.69) is 13.8 Å². The molecule has 0 saturated heterocycles. The van der Waals surface area contributed by atoms with Crippen molar-refractivity contribution in [2.45, 2.75) is 204 Å². The SMILES string of the molecule is CCCCCCCCCCCCCCCCC(=O)OC[C@@H](COP(=O)(O)OC1C(O)C(O)C(O)[C@H](O)C1O)OC(=O)CCCCCCCCC. The molecule has 0 bridgehead atoms. The van der Waals surface area contributed by atoms with Crippen LogP contribution >= 0.6 is 7.82 Å². The van der Waals surface area contributed by atoms with E-state index in [0.717, 1.165) is 51.4 Å². The number of unbranched alkanes of at least 4 members (excludes halogenated alkanes) is 19. The van der Waals surface area contributed by atoms with Crippen molar-refractivity contribution >= 4 is 19.8 Å². The summed E-state index contributed by atoms with van der Waals surface area (Å²) < 4.78 is 33.2. The fourth-order valence-corrected chi connectivity index (χ4v) is 6.96. The lowest BCUT2D eigenvalue weighted by Crippen LogP contribution is -2.64.